The summed E-state index contributed by atoms with van der Waals surface area (Å²) in [5.74, 6) is 1.43. The number of hydrogen-bond acceptors (Lipinski definition) is 5. The van der Waals surface area contributed by atoms with Crippen molar-refractivity contribution >= 4 is 17.4 Å². The van der Waals surface area contributed by atoms with Crippen molar-refractivity contribution in [3.63, 3.8) is 0 Å². The van der Waals surface area contributed by atoms with Crippen LogP contribution in [0.1, 0.15) is 12.8 Å². The maximum Gasteiger partial charge on any atom is 0.227 e. The largest absolute Gasteiger partial charge is 0.493 e. The van der Waals surface area contributed by atoms with E-state index < -0.39 is 0 Å². The minimum atomic E-state index is -0.103. The predicted molar refractivity (Wildman–Crippen MR) is 94.4 cm³/mol. The van der Waals surface area contributed by atoms with Crippen LogP contribution in [0.5, 0.6) is 5.75 Å². The minimum absolute atomic E-state index is 0.103. The molecular weight excluding hydrogens is 306 g/mol. The summed E-state index contributed by atoms with van der Waals surface area (Å²) >= 11 is 0. The fourth-order valence-electron chi connectivity index (χ4n) is 2.01. The van der Waals surface area contributed by atoms with Crippen molar-refractivity contribution in [2.75, 3.05) is 37.5 Å². The molecule has 0 aliphatic rings. The standard InChI is InChI=1S/C18H23N3O3/c1-23-12-5-11-19-17-9-8-15(14-20-17)21-18(22)10-13-24-16-6-3-2-4-7-16/h2-4,6-9,14H,5,10-13H2,1H3,(H,19,20)(H,21,22). The van der Waals surface area contributed by atoms with Gasteiger partial charge < -0.3 is 20.1 Å². The number of pyridine rings is 1. The molecule has 6 heteroatoms. The second kappa shape index (κ2) is 10.2. The molecule has 0 saturated carbocycles. The molecule has 0 fully saturated rings. The molecule has 0 saturated heterocycles. The van der Waals surface area contributed by atoms with Crippen molar-refractivity contribution in [2.45, 2.75) is 12.8 Å². The summed E-state index contributed by atoms with van der Waals surface area (Å²) in [6.45, 7) is 1.85. The van der Waals surface area contributed by atoms with Crippen molar-refractivity contribution in [1.82, 2.24) is 4.98 Å². The molecule has 1 heterocycles. The minimum Gasteiger partial charge on any atom is -0.493 e. The van der Waals surface area contributed by atoms with Crippen molar-refractivity contribution in [3.05, 3.63) is 48.7 Å². The van der Waals surface area contributed by atoms with E-state index in [9.17, 15) is 4.79 Å². The Kier molecular flexibility index (Phi) is 7.56. The van der Waals surface area contributed by atoms with Gasteiger partial charge in [-0.2, -0.15) is 0 Å². The number of carbonyl (C=O) groups is 1. The first kappa shape index (κ1) is 17.7. The number of rotatable bonds is 10. The summed E-state index contributed by atoms with van der Waals surface area (Å²) in [5.41, 5.74) is 0.669. The van der Waals surface area contributed by atoms with Gasteiger partial charge in [-0.1, -0.05) is 18.2 Å². The van der Waals surface area contributed by atoms with E-state index >= 15 is 0 Å². The van der Waals surface area contributed by atoms with Crippen molar-refractivity contribution in [1.29, 1.82) is 0 Å². The van der Waals surface area contributed by atoms with Gasteiger partial charge >= 0.3 is 0 Å². The van der Waals surface area contributed by atoms with Crippen LogP contribution in [-0.2, 0) is 9.53 Å². The van der Waals surface area contributed by atoms with Crippen LogP contribution in [-0.4, -0.2) is 37.8 Å². The van der Waals surface area contributed by atoms with Crippen LogP contribution in [0.3, 0.4) is 0 Å². The molecule has 1 aromatic carbocycles. The van der Waals surface area contributed by atoms with E-state index in [0.717, 1.165) is 24.5 Å². The van der Waals surface area contributed by atoms with Crippen LogP contribution in [0, 0.1) is 0 Å². The number of anilines is 2. The summed E-state index contributed by atoms with van der Waals surface area (Å²) in [6, 6.07) is 13.1. The first-order valence-corrected chi connectivity index (χ1v) is 7.94. The average Bonchev–Trinajstić information content (AvgIpc) is 2.61. The highest BCUT2D eigenvalue weighted by Gasteiger charge is 2.04. The fraction of sp³-hybridized carbons (Fsp3) is 0.333. The van der Waals surface area contributed by atoms with Crippen LogP contribution in [0.15, 0.2) is 48.7 Å². The third-order valence-electron chi connectivity index (χ3n) is 3.22. The average molecular weight is 329 g/mol. The molecule has 2 rings (SSSR count). The number of benzene rings is 1. The Balaban J connectivity index is 1.67. The van der Waals surface area contributed by atoms with E-state index in [4.69, 9.17) is 9.47 Å². The summed E-state index contributed by atoms with van der Waals surface area (Å²) in [4.78, 5) is 16.1. The van der Waals surface area contributed by atoms with E-state index in [0.29, 0.717) is 18.9 Å². The van der Waals surface area contributed by atoms with Crippen LogP contribution >= 0.6 is 0 Å². The van der Waals surface area contributed by atoms with Gasteiger partial charge in [-0.3, -0.25) is 4.79 Å². The lowest BCUT2D eigenvalue weighted by Gasteiger charge is -2.08. The first-order valence-electron chi connectivity index (χ1n) is 7.94. The molecule has 0 aliphatic carbocycles. The van der Waals surface area contributed by atoms with Gasteiger partial charge in [0.1, 0.15) is 11.6 Å². The van der Waals surface area contributed by atoms with Crippen LogP contribution < -0.4 is 15.4 Å². The Labute approximate surface area is 142 Å². The Morgan fingerprint density at radius 3 is 2.67 bits per heavy atom. The molecule has 0 spiro atoms. The molecule has 0 unspecified atom stereocenters. The van der Waals surface area contributed by atoms with E-state index in [1.807, 2.05) is 42.5 Å². The van der Waals surface area contributed by atoms with Crippen LogP contribution in [0.4, 0.5) is 11.5 Å². The zero-order valence-electron chi connectivity index (χ0n) is 13.8. The number of hydrogen-bond donors (Lipinski definition) is 2. The summed E-state index contributed by atoms with van der Waals surface area (Å²) < 4.78 is 10.5. The Bertz CT molecular complexity index is 603. The zero-order valence-corrected chi connectivity index (χ0v) is 13.8. The molecule has 2 aromatic rings. The summed E-state index contributed by atoms with van der Waals surface area (Å²) in [5, 5.41) is 5.99. The fourth-order valence-corrected chi connectivity index (χ4v) is 2.01. The van der Waals surface area contributed by atoms with Crippen molar-refractivity contribution < 1.29 is 14.3 Å². The number of aromatic nitrogens is 1. The molecule has 6 nitrogen and oxygen atoms in total. The van der Waals surface area contributed by atoms with Gasteiger partial charge in [0.05, 0.1) is 24.9 Å². The second-order valence-electron chi connectivity index (χ2n) is 5.16. The van der Waals surface area contributed by atoms with E-state index in [1.165, 1.54) is 0 Å². The molecule has 128 valence electrons. The summed E-state index contributed by atoms with van der Waals surface area (Å²) in [6.07, 6.45) is 2.83. The van der Waals surface area contributed by atoms with E-state index in [2.05, 4.69) is 15.6 Å². The molecule has 2 N–H and O–H groups in total. The maximum absolute atomic E-state index is 11.9. The third kappa shape index (κ3) is 6.66. The highest BCUT2D eigenvalue weighted by atomic mass is 16.5. The molecule has 0 atom stereocenters. The van der Waals surface area contributed by atoms with Gasteiger partial charge in [0, 0.05) is 20.3 Å². The molecule has 24 heavy (non-hydrogen) atoms. The van der Waals surface area contributed by atoms with Crippen LogP contribution in [0.25, 0.3) is 0 Å². The number of para-hydroxylation sites is 1. The molecule has 0 aliphatic heterocycles. The lowest BCUT2D eigenvalue weighted by atomic mass is 10.3. The molecule has 1 aromatic heterocycles. The molecule has 1 amide bonds. The smallest absolute Gasteiger partial charge is 0.227 e. The van der Waals surface area contributed by atoms with Gasteiger partial charge in [-0.05, 0) is 30.7 Å². The highest BCUT2D eigenvalue weighted by Crippen LogP contribution is 2.11. The number of methoxy groups -OCH3 is 1. The highest BCUT2D eigenvalue weighted by molar-refractivity contribution is 5.90. The van der Waals surface area contributed by atoms with Crippen LogP contribution in [0.2, 0.25) is 0 Å². The quantitative estimate of drug-likeness (QED) is 0.656. The predicted octanol–water partition coefficient (Wildman–Crippen LogP) is 2.94. The van der Waals surface area contributed by atoms with Gasteiger partial charge in [-0.15, -0.1) is 0 Å². The second-order valence-corrected chi connectivity index (χ2v) is 5.16. The zero-order chi connectivity index (χ0) is 17.0. The third-order valence-corrected chi connectivity index (χ3v) is 3.22. The summed E-state index contributed by atoms with van der Waals surface area (Å²) in [7, 11) is 1.68. The Morgan fingerprint density at radius 1 is 1.12 bits per heavy atom. The SMILES string of the molecule is COCCCNc1ccc(NC(=O)CCOc2ccccc2)cn1. The number of nitrogens with one attached hydrogen (secondary N) is 2. The van der Waals surface area contributed by atoms with Gasteiger partial charge in [-0.25, -0.2) is 4.98 Å². The van der Waals surface area contributed by atoms with Gasteiger partial charge in [0.2, 0.25) is 5.91 Å². The first-order chi connectivity index (χ1) is 11.8. The number of carbonyl (C=O) groups excluding carboxylic acids is 1. The van der Waals surface area contributed by atoms with Crippen molar-refractivity contribution in [2.24, 2.45) is 0 Å². The van der Waals surface area contributed by atoms with Gasteiger partial charge in [0.25, 0.3) is 0 Å². The topological polar surface area (TPSA) is 72.5 Å². The molecule has 0 bridgehead atoms. The van der Waals surface area contributed by atoms with Crippen molar-refractivity contribution in [3.8, 4) is 5.75 Å². The number of ether oxygens (including phenoxy) is 2. The number of nitrogens with zero attached hydrogens (tertiary/aromatic N) is 1. The molecular formula is C18H23N3O3. The van der Waals surface area contributed by atoms with Gasteiger partial charge in [0.15, 0.2) is 0 Å². The lowest BCUT2D eigenvalue weighted by molar-refractivity contribution is -0.116. The number of amides is 1. The Morgan fingerprint density at radius 2 is 1.96 bits per heavy atom. The lowest BCUT2D eigenvalue weighted by Crippen LogP contribution is -2.15. The normalized spacial score (nSPS) is 10.2. The molecule has 0 radical (unpaired) electrons. The monoisotopic (exact) mass is 329 g/mol. The van der Waals surface area contributed by atoms with E-state index in [-0.39, 0.29) is 12.3 Å². The maximum atomic E-state index is 11.9. The Hall–Kier alpha value is -2.60. The van der Waals surface area contributed by atoms with E-state index in [1.54, 1.807) is 13.3 Å².